The maximum atomic E-state index is 12.3. The van der Waals surface area contributed by atoms with Crippen LogP contribution in [0, 0.1) is 6.92 Å². The van der Waals surface area contributed by atoms with Gasteiger partial charge in [0.25, 0.3) is 5.91 Å². The van der Waals surface area contributed by atoms with Gasteiger partial charge in [-0.25, -0.2) is 4.68 Å². The van der Waals surface area contributed by atoms with E-state index in [1.165, 1.54) is 11.0 Å². The zero-order valence-corrected chi connectivity index (χ0v) is 13.3. The third-order valence-electron chi connectivity index (χ3n) is 3.59. The predicted molar refractivity (Wildman–Crippen MR) is 84.5 cm³/mol. The summed E-state index contributed by atoms with van der Waals surface area (Å²) in [4.78, 5) is 12.3. The molecule has 0 spiro atoms. The number of furan rings is 1. The number of carbonyl (C=O) groups is 1. The molecule has 24 heavy (non-hydrogen) atoms. The Kier molecular flexibility index (Phi) is 4.13. The molecular weight excluding hydrogens is 310 g/mol. The topological polar surface area (TPSA) is 106 Å². The first-order valence-corrected chi connectivity index (χ1v) is 7.37. The van der Waals surface area contributed by atoms with Crippen molar-refractivity contribution in [2.75, 3.05) is 6.54 Å². The normalized spacial score (nSPS) is 13.5. The van der Waals surface area contributed by atoms with E-state index in [1.807, 2.05) is 0 Å². The van der Waals surface area contributed by atoms with Gasteiger partial charge in [0.15, 0.2) is 0 Å². The molecule has 8 heteroatoms. The smallest absolute Gasteiger partial charge is 0.251 e. The summed E-state index contributed by atoms with van der Waals surface area (Å²) in [7, 11) is 0. The molecule has 0 radical (unpaired) electrons. The zero-order valence-electron chi connectivity index (χ0n) is 13.3. The lowest BCUT2D eigenvalue weighted by atomic mass is 10.0. The van der Waals surface area contributed by atoms with Gasteiger partial charge < -0.3 is 14.8 Å². The van der Waals surface area contributed by atoms with Crippen molar-refractivity contribution in [3.63, 3.8) is 0 Å². The number of nitrogens with one attached hydrogen (secondary N) is 1. The molecule has 0 aliphatic rings. The van der Waals surface area contributed by atoms with Crippen LogP contribution < -0.4 is 5.32 Å². The van der Waals surface area contributed by atoms with Gasteiger partial charge in [-0.15, -0.1) is 5.10 Å². The monoisotopic (exact) mass is 327 g/mol. The summed E-state index contributed by atoms with van der Waals surface area (Å²) in [5.41, 5.74) is -0.187. The lowest BCUT2D eigenvalue weighted by molar-refractivity contribution is 0.0323. The van der Waals surface area contributed by atoms with E-state index in [1.54, 1.807) is 50.2 Å². The second-order valence-corrected chi connectivity index (χ2v) is 5.67. The molecule has 0 unspecified atom stereocenters. The first kappa shape index (κ1) is 15.9. The fraction of sp³-hybridized carbons (Fsp3) is 0.250. The molecule has 1 aromatic carbocycles. The summed E-state index contributed by atoms with van der Waals surface area (Å²) in [5, 5.41) is 24.1. The van der Waals surface area contributed by atoms with E-state index in [0.29, 0.717) is 22.8 Å². The molecule has 1 amide bonds. The van der Waals surface area contributed by atoms with Crippen molar-refractivity contribution in [3.05, 3.63) is 59.8 Å². The maximum absolute atomic E-state index is 12.3. The Morgan fingerprint density at radius 2 is 2.21 bits per heavy atom. The van der Waals surface area contributed by atoms with Crippen molar-refractivity contribution in [1.29, 1.82) is 0 Å². The SMILES string of the molecule is Cc1ccc([C@@](C)(O)CNC(=O)c2cccc(-n3cnnn3)c2)o1. The highest BCUT2D eigenvalue weighted by Crippen LogP contribution is 2.22. The van der Waals surface area contributed by atoms with E-state index in [0.717, 1.165) is 0 Å². The van der Waals surface area contributed by atoms with E-state index in [-0.39, 0.29) is 12.5 Å². The van der Waals surface area contributed by atoms with Gasteiger partial charge in [0.2, 0.25) is 0 Å². The zero-order chi connectivity index (χ0) is 17.2. The first-order chi connectivity index (χ1) is 11.5. The Bertz CT molecular complexity index is 839. The Balaban J connectivity index is 1.70. The highest BCUT2D eigenvalue weighted by molar-refractivity contribution is 5.94. The standard InChI is InChI=1S/C16H17N5O3/c1-11-6-7-14(24-11)16(2,23)9-17-15(22)12-4-3-5-13(8-12)21-10-18-19-20-21/h3-8,10,23H,9H2,1-2H3,(H,17,22)/t16-/m0/s1. The van der Waals surface area contributed by atoms with E-state index in [4.69, 9.17) is 4.42 Å². The number of aromatic nitrogens is 4. The van der Waals surface area contributed by atoms with Crippen LogP contribution >= 0.6 is 0 Å². The van der Waals surface area contributed by atoms with Gasteiger partial charge in [0.05, 0.1) is 12.2 Å². The summed E-state index contributed by atoms with van der Waals surface area (Å²) in [6.45, 7) is 3.40. The molecule has 0 fully saturated rings. The molecule has 0 saturated carbocycles. The molecule has 3 rings (SSSR count). The molecular formula is C16H17N5O3. The quantitative estimate of drug-likeness (QED) is 0.729. The number of nitrogens with zero attached hydrogens (tertiary/aromatic N) is 4. The van der Waals surface area contributed by atoms with Crippen LogP contribution in [0.3, 0.4) is 0 Å². The van der Waals surface area contributed by atoms with Gasteiger partial charge in [-0.05, 0) is 54.6 Å². The second kappa shape index (κ2) is 6.25. The number of carbonyl (C=O) groups excluding carboxylic acids is 1. The maximum Gasteiger partial charge on any atom is 0.251 e. The van der Waals surface area contributed by atoms with Gasteiger partial charge in [-0.1, -0.05) is 6.07 Å². The molecule has 2 aromatic heterocycles. The summed E-state index contributed by atoms with van der Waals surface area (Å²) in [5.74, 6) is 0.793. The minimum absolute atomic E-state index is 0.0217. The third-order valence-corrected chi connectivity index (χ3v) is 3.59. The van der Waals surface area contributed by atoms with Gasteiger partial charge in [-0.3, -0.25) is 4.79 Å². The fourth-order valence-corrected chi connectivity index (χ4v) is 2.23. The van der Waals surface area contributed by atoms with Crippen LogP contribution in [0.1, 0.15) is 28.8 Å². The summed E-state index contributed by atoms with van der Waals surface area (Å²) >= 11 is 0. The van der Waals surface area contributed by atoms with Crippen LogP contribution in [-0.4, -0.2) is 37.8 Å². The van der Waals surface area contributed by atoms with Crippen LogP contribution in [0.15, 0.2) is 47.1 Å². The van der Waals surface area contributed by atoms with Gasteiger partial charge in [0, 0.05) is 5.56 Å². The van der Waals surface area contributed by atoms with Crippen molar-refractivity contribution in [2.24, 2.45) is 0 Å². The van der Waals surface area contributed by atoms with Gasteiger partial charge in [0.1, 0.15) is 23.4 Å². The number of rotatable bonds is 5. The second-order valence-electron chi connectivity index (χ2n) is 5.67. The minimum atomic E-state index is -1.29. The van der Waals surface area contributed by atoms with E-state index in [9.17, 15) is 9.90 Å². The number of amides is 1. The van der Waals surface area contributed by atoms with Crippen molar-refractivity contribution in [3.8, 4) is 5.69 Å². The lowest BCUT2D eigenvalue weighted by Crippen LogP contribution is -2.38. The van der Waals surface area contributed by atoms with Crippen molar-refractivity contribution >= 4 is 5.91 Å². The van der Waals surface area contributed by atoms with Crippen LogP contribution in [-0.2, 0) is 5.60 Å². The lowest BCUT2D eigenvalue weighted by Gasteiger charge is -2.21. The summed E-state index contributed by atoms with van der Waals surface area (Å²) in [6.07, 6.45) is 1.45. The molecule has 124 valence electrons. The van der Waals surface area contributed by atoms with E-state index in [2.05, 4.69) is 20.8 Å². The molecule has 2 N–H and O–H groups in total. The average molecular weight is 327 g/mol. The number of aryl methyl sites for hydroxylation is 1. The van der Waals surface area contributed by atoms with Crippen LogP contribution in [0.25, 0.3) is 5.69 Å². The number of benzene rings is 1. The molecule has 0 aliphatic carbocycles. The molecule has 0 bridgehead atoms. The number of hydrogen-bond donors (Lipinski definition) is 2. The molecule has 3 aromatic rings. The van der Waals surface area contributed by atoms with Crippen molar-refractivity contribution in [1.82, 2.24) is 25.5 Å². The Morgan fingerprint density at radius 3 is 2.88 bits per heavy atom. The molecule has 0 saturated heterocycles. The van der Waals surface area contributed by atoms with Gasteiger partial charge in [-0.2, -0.15) is 0 Å². The van der Waals surface area contributed by atoms with Gasteiger partial charge >= 0.3 is 0 Å². The summed E-state index contributed by atoms with van der Waals surface area (Å²) in [6, 6.07) is 10.3. The van der Waals surface area contributed by atoms with E-state index < -0.39 is 5.60 Å². The fourth-order valence-electron chi connectivity index (χ4n) is 2.23. The molecule has 0 aliphatic heterocycles. The average Bonchev–Trinajstić information content (AvgIpc) is 3.24. The molecule has 8 nitrogen and oxygen atoms in total. The first-order valence-electron chi connectivity index (χ1n) is 7.37. The number of hydrogen-bond acceptors (Lipinski definition) is 6. The van der Waals surface area contributed by atoms with Crippen LogP contribution in [0.5, 0.6) is 0 Å². The number of aliphatic hydroxyl groups is 1. The highest BCUT2D eigenvalue weighted by atomic mass is 16.4. The minimum Gasteiger partial charge on any atom is -0.463 e. The molecule has 1 atom stereocenters. The van der Waals surface area contributed by atoms with Crippen LogP contribution in [0.4, 0.5) is 0 Å². The number of tetrazole rings is 1. The van der Waals surface area contributed by atoms with Crippen LogP contribution in [0.2, 0.25) is 0 Å². The van der Waals surface area contributed by atoms with Crippen molar-refractivity contribution in [2.45, 2.75) is 19.4 Å². The Morgan fingerprint density at radius 1 is 1.38 bits per heavy atom. The molecule has 2 heterocycles. The predicted octanol–water partition coefficient (Wildman–Crippen LogP) is 1.20. The van der Waals surface area contributed by atoms with Crippen molar-refractivity contribution < 1.29 is 14.3 Å². The Labute approximate surface area is 138 Å². The Hall–Kier alpha value is -3.00. The largest absolute Gasteiger partial charge is 0.463 e. The van der Waals surface area contributed by atoms with E-state index >= 15 is 0 Å². The third kappa shape index (κ3) is 3.33. The highest BCUT2D eigenvalue weighted by Gasteiger charge is 2.27. The summed E-state index contributed by atoms with van der Waals surface area (Å²) < 4.78 is 6.88.